The Hall–Kier alpha value is -1.55. The summed E-state index contributed by atoms with van der Waals surface area (Å²) in [7, 11) is 1.27. The molecule has 0 N–H and O–H groups in total. The van der Waals surface area contributed by atoms with Gasteiger partial charge in [0.1, 0.15) is 0 Å². The molecule has 0 aromatic rings. The molecule has 2 unspecified atom stereocenters. The van der Waals surface area contributed by atoms with Gasteiger partial charge in [0.25, 0.3) is 0 Å². The zero-order valence-electron chi connectivity index (χ0n) is 8.70. The molecule has 0 fully saturated rings. The first kappa shape index (κ1) is 12.4. The number of methoxy groups -OCH3 is 1. The lowest BCUT2D eigenvalue weighted by Gasteiger charge is -2.23. The normalized spacial score (nSPS) is 15.8. The third kappa shape index (κ3) is 2.23. The van der Waals surface area contributed by atoms with Crippen molar-refractivity contribution >= 4 is 5.97 Å². The summed E-state index contributed by atoms with van der Waals surface area (Å²) in [6.07, 6.45) is 1.22. The molecule has 4 nitrogen and oxygen atoms in total. The minimum atomic E-state index is -1.00. The van der Waals surface area contributed by atoms with E-state index in [0.29, 0.717) is 6.42 Å². The maximum absolute atomic E-state index is 11.5. The first-order valence-electron chi connectivity index (χ1n) is 4.41. The van der Waals surface area contributed by atoms with Crippen LogP contribution in [0.4, 0.5) is 0 Å². The number of hydrogen-bond acceptors (Lipinski definition) is 3. The van der Waals surface area contributed by atoms with Crippen molar-refractivity contribution in [2.75, 3.05) is 7.11 Å². The molecular weight excluding hydrogens is 180 g/mol. The highest BCUT2D eigenvalue weighted by atomic mass is 16.5. The monoisotopic (exact) mass is 194 g/mol. The summed E-state index contributed by atoms with van der Waals surface area (Å²) in [5.41, 5.74) is -1.00. The summed E-state index contributed by atoms with van der Waals surface area (Å²) in [6, 6.07) is 0.874. The van der Waals surface area contributed by atoms with E-state index < -0.39 is 17.4 Å². The van der Waals surface area contributed by atoms with Crippen molar-refractivity contribution in [3.05, 3.63) is 11.4 Å². The minimum Gasteiger partial charge on any atom is -0.468 e. The van der Waals surface area contributed by atoms with Gasteiger partial charge in [-0.25, -0.2) is 6.57 Å². The van der Waals surface area contributed by atoms with Gasteiger partial charge in [-0.3, -0.25) is 9.64 Å². The minimum absolute atomic E-state index is 0.484. The third-order valence-corrected chi connectivity index (χ3v) is 2.28. The molecule has 0 aromatic heterocycles. The Morgan fingerprint density at radius 2 is 2.36 bits per heavy atom. The molecule has 0 amide bonds. The van der Waals surface area contributed by atoms with Crippen LogP contribution in [0.5, 0.6) is 0 Å². The highest BCUT2D eigenvalue weighted by molar-refractivity contribution is 5.78. The first-order valence-corrected chi connectivity index (χ1v) is 4.41. The van der Waals surface area contributed by atoms with Crippen LogP contribution in [0.3, 0.4) is 0 Å². The van der Waals surface area contributed by atoms with E-state index in [4.69, 9.17) is 11.8 Å². The van der Waals surface area contributed by atoms with Crippen LogP contribution in [0.15, 0.2) is 0 Å². The van der Waals surface area contributed by atoms with Gasteiger partial charge < -0.3 is 4.74 Å². The predicted octanol–water partition coefficient (Wildman–Crippen LogP) is 1.78. The molecule has 0 aliphatic heterocycles. The van der Waals surface area contributed by atoms with Crippen molar-refractivity contribution < 1.29 is 9.53 Å². The fraction of sp³-hybridized carbons (Fsp3) is 0.700. The number of nitrogens with zero attached hydrogens (tertiary/aromatic N) is 2. The molecule has 0 heterocycles. The van der Waals surface area contributed by atoms with Crippen molar-refractivity contribution in [3.63, 3.8) is 0 Å². The molecule has 76 valence electrons. The Balaban J connectivity index is 5.00. The van der Waals surface area contributed by atoms with Crippen LogP contribution in [0.1, 0.15) is 26.7 Å². The number of carbonyl (C=O) groups excluding carboxylic acids is 1. The Labute approximate surface area is 84.3 Å². The molecule has 0 saturated carbocycles. The van der Waals surface area contributed by atoms with Gasteiger partial charge in [0.05, 0.1) is 7.11 Å². The lowest BCUT2D eigenvalue weighted by atomic mass is 9.79. The van der Waals surface area contributed by atoms with E-state index in [1.807, 2.05) is 13.0 Å². The average molecular weight is 194 g/mol. The zero-order chi connectivity index (χ0) is 11.2. The van der Waals surface area contributed by atoms with Crippen molar-refractivity contribution in [3.8, 4) is 6.07 Å². The maximum atomic E-state index is 11.5. The van der Waals surface area contributed by atoms with E-state index in [-0.39, 0.29) is 0 Å². The number of nitriles is 1. The van der Waals surface area contributed by atoms with Crippen molar-refractivity contribution in [1.29, 1.82) is 5.26 Å². The molecule has 0 aliphatic rings. The Morgan fingerprint density at radius 1 is 1.79 bits per heavy atom. The van der Waals surface area contributed by atoms with Crippen LogP contribution in [-0.4, -0.2) is 19.1 Å². The topological polar surface area (TPSA) is 54.5 Å². The Kier molecular flexibility index (Phi) is 4.66. The second-order valence-electron chi connectivity index (χ2n) is 3.32. The molecule has 14 heavy (non-hydrogen) atoms. The van der Waals surface area contributed by atoms with Crippen molar-refractivity contribution in [2.24, 2.45) is 5.41 Å². The number of hydrogen-bond donors (Lipinski definition) is 0. The molecule has 4 heteroatoms. The van der Waals surface area contributed by atoms with Gasteiger partial charge in [0, 0.05) is 0 Å². The number of ether oxygens (including phenoxy) is 1. The summed E-state index contributed by atoms with van der Waals surface area (Å²) < 4.78 is 4.62. The van der Waals surface area contributed by atoms with E-state index in [9.17, 15) is 4.79 Å². The fourth-order valence-electron chi connectivity index (χ4n) is 1.42. The van der Waals surface area contributed by atoms with E-state index in [0.717, 1.165) is 6.42 Å². The fourth-order valence-corrected chi connectivity index (χ4v) is 1.42. The number of carbonyl (C=O) groups is 1. The lowest BCUT2D eigenvalue weighted by molar-refractivity contribution is -0.152. The molecule has 2 atom stereocenters. The van der Waals surface area contributed by atoms with E-state index in [2.05, 4.69) is 9.58 Å². The van der Waals surface area contributed by atoms with Crippen LogP contribution < -0.4 is 0 Å². The summed E-state index contributed by atoms with van der Waals surface area (Å²) in [5.74, 6) is -0.484. The Bertz CT molecular complexity index is 273. The van der Waals surface area contributed by atoms with Gasteiger partial charge in [-0.2, -0.15) is 5.26 Å². The highest BCUT2D eigenvalue weighted by Gasteiger charge is 2.47. The number of esters is 1. The summed E-state index contributed by atoms with van der Waals surface area (Å²) >= 11 is 0. The van der Waals surface area contributed by atoms with Gasteiger partial charge >= 0.3 is 12.0 Å². The SMILES string of the molecule is [C-]#[N+]C(C#N)C(C)(CCC)C(=O)OC. The standard InChI is InChI=1S/C10H14N2O2/c1-5-6-10(2,9(13)14-4)8(7-11)12-3/h8H,5-6H2,1-2,4H3. The van der Waals surface area contributed by atoms with Crippen LogP contribution in [0.2, 0.25) is 0 Å². The van der Waals surface area contributed by atoms with E-state index >= 15 is 0 Å². The molecule has 0 spiro atoms. The largest absolute Gasteiger partial charge is 0.468 e. The van der Waals surface area contributed by atoms with Gasteiger partial charge in [0.15, 0.2) is 11.5 Å². The molecule has 0 radical (unpaired) electrons. The first-order chi connectivity index (χ1) is 6.56. The molecule has 0 bridgehead atoms. The summed E-state index contributed by atoms with van der Waals surface area (Å²) in [4.78, 5) is 14.6. The maximum Gasteiger partial charge on any atom is 0.322 e. The predicted molar refractivity (Wildman–Crippen MR) is 51.0 cm³/mol. The third-order valence-electron chi connectivity index (χ3n) is 2.28. The van der Waals surface area contributed by atoms with Gasteiger partial charge in [0.2, 0.25) is 0 Å². The molecule has 0 saturated heterocycles. The molecule has 0 rings (SSSR count). The summed E-state index contributed by atoms with van der Waals surface area (Å²) in [5, 5.41) is 8.76. The van der Waals surface area contributed by atoms with Crippen LogP contribution >= 0.6 is 0 Å². The quantitative estimate of drug-likeness (QED) is 0.506. The lowest BCUT2D eigenvalue weighted by Crippen LogP contribution is -2.38. The van der Waals surface area contributed by atoms with Gasteiger partial charge in [-0.1, -0.05) is 13.3 Å². The van der Waals surface area contributed by atoms with Gasteiger partial charge in [-0.15, -0.1) is 0 Å². The second-order valence-corrected chi connectivity index (χ2v) is 3.32. The zero-order valence-corrected chi connectivity index (χ0v) is 8.70. The Morgan fingerprint density at radius 3 is 2.64 bits per heavy atom. The van der Waals surface area contributed by atoms with E-state index in [1.54, 1.807) is 6.92 Å². The highest BCUT2D eigenvalue weighted by Crippen LogP contribution is 2.31. The average Bonchev–Trinajstić information content (AvgIpc) is 2.18. The summed E-state index contributed by atoms with van der Waals surface area (Å²) in [6.45, 7) is 10.4. The van der Waals surface area contributed by atoms with Crippen LogP contribution in [-0.2, 0) is 9.53 Å². The van der Waals surface area contributed by atoms with Crippen LogP contribution in [0.25, 0.3) is 4.85 Å². The second kappa shape index (κ2) is 5.24. The van der Waals surface area contributed by atoms with Crippen molar-refractivity contribution in [2.45, 2.75) is 32.7 Å². The van der Waals surface area contributed by atoms with E-state index in [1.165, 1.54) is 7.11 Å². The van der Waals surface area contributed by atoms with Gasteiger partial charge in [-0.05, 0) is 13.3 Å². The smallest absolute Gasteiger partial charge is 0.322 e. The molecule has 0 aliphatic carbocycles. The number of rotatable bonds is 4. The van der Waals surface area contributed by atoms with Crippen LogP contribution in [0, 0.1) is 23.3 Å². The van der Waals surface area contributed by atoms with Crippen molar-refractivity contribution in [1.82, 2.24) is 0 Å². The molecule has 0 aromatic carbocycles. The molecular formula is C10H14N2O2.